The van der Waals surface area contributed by atoms with E-state index in [0.29, 0.717) is 16.6 Å². The number of ether oxygens (including phenoxy) is 1. The monoisotopic (exact) mass is 428 g/mol. The predicted octanol–water partition coefficient (Wildman–Crippen LogP) is 3.49. The van der Waals surface area contributed by atoms with E-state index in [1.165, 1.54) is 24.8 Å². The molecule has 0 fully saturated rings. The van der Waals surface area contributed by atoms with Gasteiger partial charge in [-0.1, -0.05) is 37.3 Å². The SMILES string of the molecule is CCc1ccc(N([C@H](C)C(=O)n2cc(C(=O)OC)c3ccccc32)S(C)(=O)=O)cc1. The van der Waals surface area contributed by atoms with Crippen LogP contribution < -0.4 is 4.31 Å². The molecule has 3 rings (SSSR count). The zero-order valence-electron chi connectivity index (χ0n) is 17.3. The maximum Gasteiger partial charge on any atom is 0.340 e. The van der Waals surface area contributed by atoms with Gasteiger partial charge in [0.05, 0.1) is 30.1 Å². The number of esters is 1. The van der Waals surface area contributed by atoms with Crippen LogP contribution in [-0.2, 0) is 21.2 Å². The number of aryl methyl sites for hydroxylation is 1. The van der Waals surface area contributed by atoms with Gasteiger partial charge in [-0.25, -0.2) is 13.2 Å². The van der Waals surface area contributed by atoms with E-state index in [1.54, 1.807) is 36.4 Å². The van der Waals surface area contributed by atoms with Gasteiger partial charge in [-0.2, -0.15) is 0 Å². The maximum absolute atomic E-state index is 13.4. The van der Waals surface area contributed by atoms with Gasteiger partial charge in [-0.3, -0.25) is 13.7 Å². The summed E-state index contributed by atoms with van der Waals surface area (Å²) in [6, 6.07) is 12.9. The average Bonchev–Trinajstić information content (AvgIpc) is 3.12. The van der Waals surface area contributed by atoms with Crippen molar-refractivity contribution in [2.24, 2.45) is 0 Å². The van der Waals surface area contributed by atoms with Crippen molar-refractivity contribution in [2.45, 2.75) is 26.3 Å². The Morgan fingerprint density at radius 2 is 1.73 bits per heavy atom. The van der Waals surface area contributed by atoms with E-state index in [4.69, 9.17) is 4.74 Å². The van der Waals surface area contributed by atoms with Crippen LogP contribution in [0.5, 0.6) is 0 Å². The van der Waals surface area contributed by atoms with Crippen LogP contribution in [0.2, 0.25) is 0 Å². The lowest BCUT2D eigenvalue weighted by Crippen LogP contribution is -2.44. The molecule has 0 aliphatic heterocycles. The first-order valence-electron chi connectivity index (χ1n) is 9.50. The molecular weight excluding hydrogens is 404 g/mol. The molecule has 0 unspecified atom stereocenters. The molecule has 2 aromatic carbocycles. The molecule has 0 bridgehead atoms. The normalized spacial score (nSPS) is 12.5. The fourth-order valence-corrected chi connectivity index (χ4v) is 4.69. The number of methoxy groups -OCH3 is 1. The van der Waals surface area contributed by atoms with Gasteiger partial charge in [-0.05, 0) is 37.1 Å². The van der Waals surface area contributed by atoms with E-state index in [2.05, 4.69) is 0 Å². The van der Waals surface area contributed by atoms with Gasteiger partial charge < -0.3 is 4.74 Å². The number of nitrogens with zero attached hydrogens (tertiary/aromatic N) is 2. The van der Waals surface area contributed by atoms with Crippen molar-refractivity contribution in [3.63, 3.8) is 0 Å². The summed E-state index contributed by atoms with van der Waals surface area (Å²) in [6.07, 6.45) is 3.29. The lowest BCUT2D eigenvalue weighted by molar-refractivity contribution is 0.0603. The van der Waals surface area contributed by atoms with Crippen molar-refractivity contribution >= 4 is 38.5 Å². The highest BCUT2D eigenvalue weighted by Gasteiger charge is 2.31. The van der Waals surface area contributed by atoms with Gasteiger partial charge in [-0.15, -0.1) is 0 Å². The Morgan fingerprint density at radius 3 is 2.30 bits per heavy atom. The summed E-state index contributed by atoms with van der Waals surface area (Å²) in [5.74, 6) is -1.05. The van der Waals surface area contributed by atoms with Gasteiger partial charge >= 0.3 is 5.97 Å². The predicted molar refractivity (Wildman–Crippen MR) is 117 cm³/mol. The lowest BCUT2D eigenvalue weighted by atomic mass is 10.1. The zero-order chi connectivity index (χ0) is 22.1. The number of fused-ring (bicyclic) bond motifs is 1. The van der Waals surface area contributed by atoms with Crippen LogP contribution in [0, 0.1) is 0 Å². The second-order valence-corrected chi connectivity index (χ2v) is 8.87. The van der Waals surface area contributed by atoms with Gasteiger partial charge in [0, 0.05) is 11.6 Å². The molecular formula is C22H24N2O5S. The van der Waals surface area contributed by atoms with Gasteiger partial charge in [0.25, 0.3) is 5.91 Å². The number of carbonyl (C=O) groups excluding carboxylic acids is 2. The minimum atomic E-state index is -3.75. The Hall–Kier alpha value is -3.13. The quantitative estimate of drug-likeness (QED) is 0.561. The minimum Gasteiger partial charge on any atom is -0.465 e. The second kappa shape index (κ2) is 8.31. The Labute approximate surface area is 175 Å². The molecule has 158 valence electrons. The highest BCUT2D eigenvalue weighted by Crippen LogP contribution is 2.26. The molecule has 3 aromatic rings. The smallest absolute Gasteiger partial charge is 0.340 e. The molecule has 0 N–H and O–H groups in total. The largest absolute Gasteiger partial charge is 0.465 e. The molecule has 0 spiro atoms. The van der Waals surface area contributed by atoms with Crippen molar-refractivity contribution in [3.8, 4) is 0 Å². The fraction of sp³-hybridized carbons (Fsp3) is 0.273. The molecule has 1 aromatic heterocycles. The second-order valence-electron chi connectivity index (χ2n) is 7.01. The van der Waals surface area contributed by atoms with E-state index in [0.717, 1.165) is 22.5 Å². The molecule has 0 aliphatic carbocycles. The highest BCUT2D eigenvalue weighted by atomic mass is 32.2. The summed E-state index contributed by atoms with van der Waals surface area (Å²) in [5, 5.41) is 0.558. The molecule has 0 saturated heterocycles. The molecule has 0 radical (unpaired) electrons. The van der Waals surface area contributed by atoms with E-state index in [-0.39, 0.29) is 5.56 Å². The van der Waals surface area contributed by atoms with Crippen LogP contribution in [-0.4, -0.2) is 44.3 Å². The Balaban J connectivity index is 2.09. The highest BCUT2D eigenvalue weighted by molar-refractivity contribution is 7.92. The minimum absolute atomic E-state index is 0.242. The van der Waals surface area contributed by atoms with Crippen LogP contribution in [0.15, 0.2) is 54.7 Å². The summed E-state index contributed by atoms with van der Waals surface area (Å²) < 4.78 is 32.4. The van der Waals surface area contributed by atoms with Crippen LogP contribution in [0.3, 0.4) is 0 Å². The van der Waals surface area contributed by atoms with E-state index in [9.17, 15) is 18.0 Å². The van der Waals surface area contributed by atoms with Crippen LogP contribution in [0.25, 0.3) is 10.9 Å². The number of hydrogen-bond donors (Lipinski definition) is 0. The van der Waals surface area contributed by atoms with Crippen molar-refractivity contribution in [2.75, 3.05) is 17.7 Å². The summed E-state index contributed by atoms with van der Waals surface area (Å²) in [6.45, 7) is 3.54. The third-order valence-electron chi connectivity index (χ3n) is 5.02. The first kappa shape index (κ1) is 21.6. The Kier molecular flexibility index (Phi) is 5.98. The molecule has 1 heterocycles. The molecule has 0 saturated carbocycles. The fourth-order valence-electron chi connectivity index (χ4n) is 3.52. The van der Waals surface area contributed by atoms with Crippen molar-refractivity contribution in [1.29, 1.82) is 0 Å². The lowest BCUT2D eigenvalue weighted by Gasteiger charge is -2.28. The standard InChI is InChI=1S/C22H24N2O5S/c1-5-16-10-12-17(13-11-16)24(30(4,27)28)15(2)21(25)23-14-19(22(26)29-3)18-8-6-7-9-20(18)23/h6-15H,5H2,1-4H3/t15-/m1/s1. The van der Waals surface area contributed by atoms with Crippen LogP contribution >= 0.6 is 0 Å². The topological polar surface area (TPSA) is 85.7 Å². The van der Waals surface area contributed by atoms with E-state index >= 15 is 0 Å². The number of hydrogen-bond acceptors (Lipinski definition) is 5. The number of carbonyl (C=O) groups is 2. The van der Waals surface area contributed by atoms with E-state index < -0.39 is 27.9 Å². The average molecular weight is 429 g/mol. The van der Waals surface area contributed by atoms with Gasteiger partial charge in [0.15, 0.2) is 0 Å². The number of sulfonamides is 1. The number of anilines is 1. The van der Waals surface area contributed by atoms with E-state index in [1.807, 2.05) is 19.1 Å². The maximum atomic E-state index is 13.4. The summed E-state index contributed by atoms with van der Waals surface area (Å²) >= 11 is 0. The third kappa shape index (κ3) is 3.95. The third-order valence-corrected chi connectivity index (χ3v) is 6.26. The zero-order valence-corrected chi connectivity index (χ0v) is 18.1. The van der Waals surface area contributed by atoms with Crippen LogP contribution in [0.4, 0.5) is 5.69 Å². The van der Waals surface area contributed by atoms with Gasteiger partial charge in [0.2, 0.25) is 10.0 Å². The molecule has 7 nitrogen and oxygen atoms in total. The molecule has 8 heteroatoms. The number of para-hydroxylation sites is 1. The molecule has 1 atom stereocenters. The number of rotatable bonds is 6. The Morgan fingerprint density at radius 1 is 1.10 bits per heavy atom. The van der Waals surface area contributed by atoms with Crippen molar-refractivity contribution < 1.29 is 22.7 Å². The van der Waals surface area contributed by atoms with Crippen LogP contribution in [0.1, 0.15) is 34.6 Å². The van der Waals surface area contributed by atoms with Crippen molar-refractivity contribution in [1.82, 2.24) is 4.57 Å². The number of aromatic nitrogens is 1. The number of benzene rings is 2. The Bertz CT molecular complexity index is 1200. The van der Waals surface area contributed by atoms with Crippen molar-refractivity contribution in [3.05, 3.63) is 65.9 Å². The molecule has 30 heavy (non-hydrogen) atoms. The first-order chi connectivity index (χ1) is 14.2. The van der Waals surface area contributed by atoms with Gasteiger partial charge in [0.1, 0.15) is 6.04 Å². The summed E-state index contributed by atoms with van der Waals surface area (Å²) in [7, 11) is -2.48. The molecule has 0 aliphatic rings. The molecule has 0 amide bonds. The summed E-state index contributed by atoms with van der Waals surface area (Å²) in [5.41, 5.74) is 2.21. The summed E-state index contributed by atoms with van der Waals surface area (Å²) in [4.78, 5) is 25.5. The first-order valence-corrected chi connectivity index (χ1v) is 11.3.